The molecule has 0 heterocycles. The molecule has 0 aromatic heterocycles. The number of carbonyl (C=O) groups is 1. The number of nitrogens with zero attached hydrogens (tertiary/aromatic N) is 1. The maximum Gasteiger partial charge on any atom is 0.411 e. The maximum absolute atomic E-state index is 13.2. The van der Waals surface area contributed by atoms with Crippen LogP contribution < -0.4 is 4.90 Å². The van der Waals surface area contributed by atoms with Gasteiger partial charge in [-0.2, -0.15) is 0 Å². The van der Waals surface area contributed by atoms with Gasteiger partial charge in [0, 0.05) is 7.05 Å². The van der Waals surface area contributed by atoms with Crippen LogP contribution in [0.1, 0.15) is 5.56 Å². The Kier molecular flexibility index (Phi) is 2.51. The number of hydrogen-bond acceptors (Lipinski definition) is 1. The van der Waals surface area contributed by atoms with E-state index in [4.69, 9.17) is 5.11 Å². The first-order chi connectivity index (χ1) is 6.02. The van der Waals surface area contributed by atoms with Crippen molar-refractivity contribution < 1.29 is 14.3 Å². The monoisotopic (exact) mass is 183 g/mol. The van der Waals surface area contributed by atoms with Gasteiger partial charge in [0.05, 0.1) is 5.69 Å². The first kappa shape index (κ1) is 9.51. The summed E-state index contributed by atoms with van der Waals surface area (Å²) in [5, 5.41) is 8.59. The molecule has 0 aliphatic rings. The molecule has 0 radical (unpaired) electrons. The maximum atomic E-state index is 13.2. The molecule has 0 spiro atoms. The molecule has 0 unspecified atom stereocenters. The zero-order valence-electron chi connectivity index (χ0n) is 7.41. The van der Waals surface area contributed by atoms with Crippen LogP contribution in [0.15, 0.2) is 18.2 Å². The molecule has 3 nitrogen and oxygen atoms in total. The van der Waals surface area contributed by atoms with Crippen molar-refractivity contribution >= 4 is 11.8 Å². The quantitative estimate of drug-likeness (QED) is 0.725. The minimum absolute atomic E-state index is 0.0677. The Morgan fingerprint density at radius 2 is 2.15 bits per heavy atom. The van der Waals surface area contributed by atoms with E-state index in [-0.39, 0.29) is 5.69 Å². The number of aryl methyl sites for hydroxylation is 1. The highest BCUT2D eigenvalue weighted by atomic mass is 19.1. The van der Waals surface area contributed by atoms with Crippen molar-refractivity contribution in [1.29, 1.82) is 0 Å². The minimum atomic E-state index is -1.18. The number of halogens is 1. The highest BCUT2D eigenvalue weighted by Crippen LogP contribution is 2.18. The van der Waals surface area contributed by atoms with Crippen LogP contribution in [-0.2, 0) is 0 Å². The van der Waals surface area contributed by atoms with Crippen LogP contribution >= 0.6 is 0 Å². The van der Waals surface area contributed by atoms with Gasteiger partial charge >= 0.3 is 6.09 Å². The normalized spacial score (nSPS) is 9.77. The van der Waals surface area contributed by atoms with Gasteiger partial charge in [0.25, 0.3) is 0 Å². The van der Waals surface area contributed by atoms with Gasteiger partial charge in [-0.3, -0.25) is 4.90 Å². The number of benzene rings is 1. The summed E-state index contributed by atoms with van der Waals surface area (Å²) in [4.78, 5) is 11.3. The van der Waals surface area contributed by atoms with Crippen LogP contribution in [0, 0.1) is 12.7 Å². The van der Waals surface area contributed by atoms with Gasteiger partial charge in [-0.15, -0.1) is 0 Å². The summed E-state index contributed by atoms with van der Waals surface area (Å²) in [6.07, 6.45) is -1.18. The van der Waals surface area contributed by atoms with Crippen LogP contribution in [0.4, 0.5) is 14.9 Å². The molecule has 0 aliphatic heterocycles. The van der Waals surface area contributed by atoms with Crippen molar-refractivity contribution in [1.82, 2.24) is 0 Å². The second-order valence-corrected chi connectivity index (χ2v) is 2.80. The lowest BCUT2D eigenvalue weighted by Crippen LogP contribution is -2.24. The first-order valence-corrected chi connectivity index (χ1v) is 3.75. The van der Waals surface area contributed by atoms with Gasteiger partial charge in [0.15, 0.2) is 0 Å². The van der Waals surface area contributed by atoms with E-state index < -0.39 is 11.9 Å². The highest BCUT2D eigenvalue weighted by Gasteiger charge is 2.12. The Hall–Kier alpha value is -1.58. The van der Waals surface area contributed by atoms with Gasteiger partial charge in [-0.1, -0.05) is 6.07 Å². The van der Waals surface area contributed by atoms with Gasteiger partial charge in [0.1, 0.15) is 5.82 Å². The third-order valence-electron chi connectivity index (χ3n) is 1.75. The van der Waals surface area contributed by atoms with Crippen molar-refractivity contribution in [3.63, 3.8) is 0 Å². The summed E-state index contributed by atoms with van der Waals surface area (Å²) in [5.41, 5.74) is 0.832. The van der Waals surface area contributed by atoms with Crippen molar-refractivity contribution in [3.8, 4) is 0 Å². The van der Waals surface area contributed by atoms with Gasteiger partial charge in [-0.25, -0.2) is 9.18 Å². The second-order valence-electron chi connectivity index (χ2n) is 2.80. The van der Waals surface area contributed by atoms with Crippen LogP contribution in [0.3, 0.4) is 0 Å². The Labute approximate surface area is 75.4 Å². The fraction of sp³-hybridized carbons (Fsp3) is 0.222. The highest BCUT2D eigenvalue weighted by molar-refractivity contribution is 5.85. The Bertz CT molecular complexity index is 338. The standard InChI is InChI=1S/C9H10FNO2/c1-6-3-4-8(7(10)5-6)11(2)9(12)13/h3-5H,1-2H3,(H,12,13). The van der Waals surface area contributed by atoms with E-state index in [2.05, 4.69) is 0 Å². The fourth-order valence-corrected chi connectivity index (χ4v) is 0.987. The third-order valence-corrected chi connectivity index (χ3v) is 1.75. The van der Waals surface area contributed by atoms with E-state index in [9.17, 15) is 9.18 Å². The largest absolute Gasteiger partial charge is 0.465 e. The van der Waals surface area contributed by atoms with Crippen molar-refractivity contribution in [2.24, 2.45) is 0 Å². The number of anilines is 1. The van der Waals surface area contributed by atoms with Crippen LogP contribution in [-0.4, -0.2) is 18.2 Å². The summed E-state index contributed by atoms with van der Waals surface area (Å²) in [7, 11) is 1.30. The number of rotatable bonds is 1. The average Bonchev–Trinajstić information content (AvgIpc) is 2.03. The minimum Gasteiger partial charge on any atom is -0.465 e. The summed E-state index contributed by atoms with van der Waals surface area (Å²) in [6.45, 7) is 1.74. The zero-order valence-corrected chi connectivity index (χ0v) is 7.41. The third kappa shape index (κ3) is 1.96. The lowest BCUT2D eigenvalue weighted by molar-refractivity contribution is 0.203. The van der Waals surface area contributed by atoms with Crippen molar-refractivity contribution in [3.05, 3.63) is 29.6 Å². The number of hydrogen-bond donors (Lipinski definition) is 1. The molecule has 1 rings (SSSR count). The van der Waals surface area contributed by atoms with E-state index in [1.54, 1.807) is 13.0 Å². The van der Waals surface area contributed by atoms with Crippen molar-refractivity contribution in [2.45, 2.75) is 6.92 Å². The van der Waals surface area contributed by atoms with Crippen LogP contribution in [0.25, 0.3) is 0 Å². The molecule has 0 saturated heterocycles. The summed E-state index contributed by atoms with van der Waals surface area (Å²) in [6, 6.07) is 4.41. The molecule has 0 fully saturated rings. The van der Waals surface area contributed by atoms with E-state index >= 15 is 0 Å². The first-order valence-electron chi connectivity index (χ1n) is 3.75. The molecule has 0 atom stereocenters. The molecule has 0 saturated carbocycles. The average molecular weight is 183 g/mol. The molecule has 70 valence electrons. The predicted molar refractivity (Wildman–Crippen MR) is 47.6 cm³/mol. The van der Waals surface area contributed by atoms with Gasteiger partial charge in [0.2, 0.25) is 0 Å². The lowest BCUT2D eigenvalue weighted by atomic mass is 10.2. The Morgan fingerprint density at radius 3 is 2.62 bits per heavy atom. The fourth-order valence-electron chi connectivity index (χ4n) is 0.987. The van der Waals surface area contributed by atoms with Crippen LogP contribution in [0.2, 0.25) is 0 Å². The molecule has 1 amide bonds. The molecule has 13 heavy (non-hydrogen) atoms. The van der Waals surface area contributed by atoms with E-state index in [0.29, 0.717) is 0 Å². The molecule has 4 heteroatoms. The summed E-state index contributed by atoms with van der Waals surface area (Å²) < 4.78 is 13.2. The number of carboxylic acid groups (broad SMARTS) is 1. The Balaban J connectivity index is 3.08. The van der Waals surface area contributed by atoms with Gasteiger partial charge in [-0.05, 0) is 24.6 Å². The Morgan fingerprint density at radius 1 is 1.54 bits per heavy atom. The molecule has 1 aromatic carbocycles. The smallest absolute Gasteiger partial charge is 0.411 e. The second kappa shape index (κ2) is 3.43. The molecule has 0 aliphatic carbocycles. The molecular weight excluding hydrogens is 173 g/mol. The molecular formula is C9H10FNO2. The SMILES string of the molecule is Cc1ccc(N(C)C(=O)O)c(F)c1. The molecule has 0 bridgehead atoms. The topological polar surface area (TPSA) is 40.5 Å². The number of amides is 1. The zero-order chi connectivity index (χ0) is 10.0. The predicted octanol–water partition coefficient (Wildman–Crippen LogP) is 2.25. The molecule has 1 aromatic rings. The van der Waals surface area contributed by atoms with E-state index in [1.807, 2.05) is 0 Å². The molecule has 1 N–H and O–H groups in total. The summed E-state index contributed by atoms with van der Waals surface area (Å²) in [5.74, 6) is -0.523. The van der Waals surface area contributed by atoms with E-state index in [0.717, 1.165) is 10.5 Å². The lowest BCUT2D eigenvalue weighted by Gasteiger charge is -2.13. The van der Waals surface area contributed by atoms with Crippen molar-refractivity contribution in [2.75, 3.05) is 11.9 Å². The summed E-state index contributed by atoms with van der Waals surface area (Å²) >= 11 is 0. The van der Waals surface area contributed by atoms with Gasteiger partial charge < -0.3 is 5.11 Å². The van der Waals surface area contributed by atoms with E-state index in [1.165, 1.54) is 19.2 Å². The van der Waals surface area contributed by atoms with Crippen LogP contribution in [0.5, 0.6) is 0 Å².